The molecule has 0 radical (unpaired) electrons. The number of carbonyl (C=O) groups excluding carboxylic acids is 1. The summed E-state index contributed by atoms with van der Waals surface area (Å²) >= 11 is 6.13. The van der Waals surface area contributed by atoms with Gasteiger partial charge in [-0.2, -0.15) is 0 Å². The van der Waals surface area contributed by atoms with Crippen LogP contribution >= 0.6 is 11.6 Å². The van der Waals surface area contributed by atoms with Crippen molar-refractivity contribution in [3.8, 4) is 5.75 Å². The second-order valence-electron chi connectivity index (χ2n) is 5.39. The molecule has 0 N–H and O–H groups in total. The molecule has 0 aliphatic heterocycles. The molecule has 2 aromatic carbocycles. The second-order valence-corrected chi connectivity index (χ2v) is 5.79. The first-order chi connectivity index (χ1) is 9.97. The SMILES string of the molecule is CC(=O)c1ccc(OCc2ccc(C(C)C)cc2)c(Cl)c1. The molecule has 0 bridgehead atoms. The molecule has 21 heavy (non-hydrogen) atoms. The zero-order valence-corrected chi connectivity index (χ0v) is 13.3. The number of rotatable bonds is 5. The average Bonchev–Trinajstić information content (AvgIpc) is 2.46. The maximum Gasteiger partial charge on any atom is 0.159 e. The Morgan fingerprint density at radius 2 is 1.81 bits per heavy atom. The number of hydrogen-bond acceptors (Lipinski definition) is 2. The normalized spacial score (nSPS) is 10.7. The summed E-state index contributed by atoms with van der Waals surface area (Å²) in [5.74, 6) is 1.11. The fourth-order valence-electron chi connectivity index (χ4n) is 2.00. The molecule has 0 saturated heterocycles. The molecule has 0 amide bonds. The molecule has 2 rings (SSSR count). The summed E-state index contributed by atoms with van der Waals surface area (Å²) in [5.41, 5.74) is 2.99. The van der Waals surface area contributed by atoms with Crippen LogP contribution in [0.2, 0.25) is 5.02 Å². The first-order valence-corrected chi connectivity index (χ1v) is 7.37. The summed E-state index contributed by atoms with van der Waals surface area (Å²) in [7, 11) is 0. The van der Waals surface area contributed by atoms with E-state index in [9.17, 15) is 4.79 Å². The van der Waals surface area contributed by atoms with Crippen molar-refractivity contribution >= 4 is 17.4 Å². The summed E-state index contributed by atoms with van der Waals surface area (Å²) in [6.45, 7) is 6.31. The third-order valence-corrected chi connectivity index (χ3v) is 3.67. The largest absolute Gasteiger partial charge is 0.487 e. The molecule has 0 aliphatic carbocycles. The first kappa shape index (κ1) is 15.6. The Morgan fingerprint density at radius 1 is 1.14 bits per heavy atom. The van der Waals surface area contributed by atoms with Gasteiger partial charge in [0, 0.05) is 5.56 Å². The Kier molecular flexibility index (Phi) is 5.03. The Bertz CT molecular complexity index is 630. The quantitative estimate of drug-likeness (QED) is 0.706. The van der Waals surface area contributed by atoms with Gasteiger partial charge in [-0.3, -0.25) is 4.79 Å². The summed E-state index contributed by atoms with van der Waals surface area (Å²) in [4.78, 5) is 11.3. The summed E-state index contributed by atoms with van der Waals surface area (Å²) in [6.07, 6.45) is 0. The zero-order chi connectivity index (χ0) is 15.4. The highest BCUT2D eigenvalue weighted by Gasteiger charge is 2.06. The fraction of sp³-hybridized carbons (Fsp3) is 0.278. The molecule has 2 nitrogen and oxygen atoms in total. The van der Waals surface area contributed by atoms with Crippen molar-refractivity contribution in [3.05, 3.63) is 64.2 Å². The van der Waals surface area contributed by atoms with Gasteiger partial charge in [0.15, 0.2) is 5.78 Å². The fourth-order valence-corrected chi connectivity index (χ4v) is 2.23. The molecule has 3 heteroatoms. The van der Waals surface area contributed by atoms with Crippen LogP contribution < -0.4 is 4.74 Å². The Labute approximate surface area is 130 Å². The van der Waals surface area contributed by atoms with Gasteiger partial charge in [0.25, 0.3) is 0 Å². The lowest BCUT2D eigenvalue weighted by Gasteiger charge is -2.10. The zero-order valence-electron chi connectivity index (χ0n) is 12.5. The van der Waals surface area contributed by atoms with Crippen LogP contribution in [-0.2, 0) is 6.61 Å². The summed E-state index contributed by atoms with van der Waals surface area (Å²) in [6, 6.07) is 13.5. The molecule has 110 valence electrons. The van der Waals surface area contributed by atoms with Crippen LogP contribution in [0, 0.1) is 0 Å². The van der Waals surface area contributed by atoms with Crippen molar-refractivity contribution in [1.82, 2.24) is 0 Å². The number of ether oxygens (including phenoxy) is 1. The van der Waals surface area contributed by atoms with Crippen molar-refractivity contribution in [2.45, 2.75) is 33.3 Å². The third kappa shape index (κ3) is 4.08. The van der Waals surface area contributed by atoms with Crippen molar-refractivity contribution in [1.29, 1.82) is 0 Å². The van der Waals surface area contributed by atoms with Gasteiger partial charge in [-0.15, -0.1) is 0 Å². The topological polar surface area (TPSA) is 26.3 Å². The van der Waals surface area contributed by atoms with Crippen molar-refractivity contribution in [2.24, 2.45) is 0 Å². The number of benzene rings is 2. The van der Waals surface area contributed by atoms with E-state index >= 15 is 0 Å². The highest BCUT2D eigenvalue weighted by atomic mass is 35.5. The number of ketones is 1. The molecular formula is C18H19ClO2. The Hall–Kier alpha value is -1.80. The number of halogens is 1. The number of Topliss-reactive ketones (excluding diaryl/α,β-unsaturated/α-hetero) is 1. The monoisotopic (exact) mass is 302 g/mol. The maximum absolute atomic E-state index is 11.3. The molecule has 0 heterocycles. The van der Waals surface area contributed by atoms with Crippen LogP contribution in [0.5, 0.6) is 5.75 Å². The smallest absolute Gasteiger partial charge is 0.159 e. The van der Waals surface area contributed by atoms with E-state index in [0.29, 0.717) is 28.9 Å². The molecule has 0 saturated carbocycles. The van der Waals surface area contributed by atoms with Gasteiger partial charge < -0.3 is 4.74 Å². The first-order valence-electron chi connectivity index (χ1n) is 6.99. The lowest BCUT2D eigenvalue weighted by Crippen LogP contribution is -1.98. The minimum atomic E-state index is -0.00674. The van der Waals surface area contributed by atoms with E-state index in [2.05, 4.69) is 38.1 Å². The average molecular weight is 303 g/mol. The molecule has 0 atom stereocenters. The predicted octanol–water partition coefficient (Wildman–Crippen LogP) is 5.25. The van der Waals surface area contributed by atoms with E-state index < -0.39 is 0 Å². The van der Waals surface area contributed by atoms with Gasteiger partial charge in [-0.25, -0.2) is 0 Å². The van der Waals surface area contributed by atoms with Crippen LogP contribution in [0.3, 0.4) is 0 Å². The van der Waals surface area contributed by atoms with Gasteiger partial charge >= 0.3 is 0 Å². The molecule has 0 aliphatic rings. The highest BCUT2D eigenvalue weighted by Crippen LogP contribution is 2.26. The van der Waals surface area contributed by atoms with Crippen molar-refractivity contribution < 1.29 is 9.53 Å². The standard InChI is InChI=1S/C18H19ClO2/c1-12(2)15-6-4-14(5-7-15)11-21-18-9-8-16(13(3)20)10-17(18)19/h4-10,12H,11H2,1-3H3. The van der Waals surface area contributed by atoms with Crippen LogP contribution in [0.15, 0.2) is 42.5 Å². The highest BCUT2D eigenvalue weighted by molar-refractivity contribution is 6.32. The second kappa shape index (κ2) is 6.77. The molecular weight excluding hydrogens is 284 g/mol. The van der Waals surface area contributed by atoms with E-state index in [1.807, 2.05) is 0 Å². The van der Waals surface area contributed by atoms with Crippen LogP contribution in [0.4, 0.5) is 0 Å². The van der Waals surface area contributed by atoms with E-state index in [1.54, 1.807) is 18.2 Å². The molecule has 0 unspecified atom stereocenters. The maximum atomic E-state index is 11.3. The van der Waals surface area contributed by atoms with E-state index in [4.69, 9.17) is 16.3 Å². The van der Waals surface area contributed by atoms with Crippen LogP contribution in [0.1, 0.15) is 48.2 Å². The molecule has 0 fully saturated rings. The molecule has 0 spiro atoms. The lowest BCUT2D eigenvalue weighted by atomic mass is 10.0. The van der Waals surface area contributed by atoms with Gasteiger partial charge in [0.05, 0.1) is 5.02 Å². The Balaban J connectivity index is 2.04. The minimum Gasteiger partial charge on any atom is -0.487 e. The summed E-state index contributed by atoms with van der Waals surface area (Å²) < 4.78 is 5.71. The van der Waals surface area contributed by atoms with Crippen LogP contribution in [0.25, 0.3) is 0 Å². The summed E-state index contributed by atoms with van der Waals surface area (Å²) in [5, 5.41) is 0.460. The van der Waals surface area contributed by atoms with Crippen molar-refractivity contribution in [3.63, 3.8) is 0 Å². The third-order valence-electron chi connectivity index (χ3n) is 3.38. The number of carbonyl (C=O) groups is 1. The van der Waals surface area contributed by atoms with Crippen LogP contribution in [-0.4, -0.2) is 5.78 Å². The molecule has 0 aromatic heterocycles. The predicted molar refractivity (Wildman–Crippen MR) is 86.3 cm³/mol. The van der Waals surface area contributed by atoms with Gasteiger partial charge in [-0.1, -0.05) is 49.7 Å². The minimum absolute atomic E-state index is 0.00674. The van der Waals surface area contributed by atoms with E-state index in [0.717, 1.165) is 5.56 Å². The van der Waals surface area contributed by atoms with Gasteiger partial charge in [0.1, 0.15) is 12.4 Å². The lowest BCUT2D eigenvalue weighted by molar-refractivity contribution is 0.101. The van der Waals surface area contributed by atoms with Crippen molar-refractivity contribution in [2.75, 3.05) is 0 Å². The molecule has 2 aromatic rings. The van der Waals surface area contributed by atoms with Gasteiger partial charge in [0.2, 0.25) is 0 Å². The van der Waals surface area contributed by atoms with Gasteiger partial charge in [-0.05, 0) is 42.2 Å². The Morgan fingerprint density at radius 3 is 2.33 bits per heavy atom. The van der Waals surface area contributed by atoms with E-state index in [1.165, 1.54) is 12.5 Å². The van der Waals surface area contributed by atoms with E-state index in [-0.39, 0.29) is 5.78 Å². The number of hydrogen-bond donors (Lipinski definition) is 0.